The molecular formula is C20H27NO3. The lowest BCUT2D eigenvalue weighted by Gasteiger charge is -2.21. The molecule has 0 aromatic heterocycles. The van der Waals surface area contributed by atoms with Gasteiger partial charge in [0, 0.05) is 29.9 Å². The Morgan fingerprint density at radius 1 is 1.08 bits per heavy atom. The largest absolute Gasteiger partial charge is 0.389 e. The van der Waals surface area contributed by atoms with Gasteiger partial charge in [-0.2, -0.15) is 0 Å². The average Bonchev–Trinajstić information content (AvgIpc) is 2.64. The van der Waals surface area contributed by atoms with Gasteiger partial charge in [-0.05, 0) is 44.5 Å². The third-order valence-electron chi connectivity index (χ3n) is 3.80. The van der Waals surface area contributed by atoms with Crippen LogP contribution in [0.2, 0.25) is 0 Å². The van der Waals surface area contributed by atoms with Crippen molar-refractivity contribution in [3.8, 4) is 0 Å². The zero-order valence-electron chi connectivity index (χ0n) is 15.0. The molecule has 1 atom stereocenters. The number of Topliss-reactive ketones (excluding diaryl/α,β-unsaturated/α-hetero) is 2. The van der Waals surface area contributed by atoms with Gasteiger partial charge >= 0.3 is 0 Å². The van der Waals surface area contributed by atoms with Crippen molar-refractivity contribution in [1.82, 2.24) is 0 Å². The monoisotopic (exact) mass is 329 g/mol. The van der Waals surface area contributed by atoms with Crippen LogP contribution in [0.25, 0.3) is 0 Å². The van der Waals surface area contributed by atoms with E-state index in [1.54, 1.807) is 18.2 Å². The molecule has 4 heteroatoms. The van der Waals surface area contributed by atoms with Crippen LogP contribution in [0, 0.1) is 0 Å². The van der Waals surface area contributed by atoms with E-state index in [9.17, 15) is 14.7 Å². The van der Waals surface area contributed by atoms with E-state index in [1.165, 1.54) is 12.2 Å². The molecule has 1 N–H and O–H groups in total. The van der Waals surface area contributed by atoms with Gasteiger partial charge in [-0.3, -0.25) is 9.59 Å². The summed E-state index contributed by atoms with van der Waals surface area (Å²) in [5.41, 5.74) is 1.78. The molecule has 0 fully saturated rings. The molecule has 0 heterocycles. The predicted molar refractivity (Wildman–Crippen MR) is 98.5 cm³/mol. The van der Waals surface area contributed by atoms with Gasteiger partial charge in [0.05, 0.1) is 6.10 Å². The van der Waals surface area contributed by atoms with Gasteiger partial charge in [0.1, 0.15) is 0 Å². The highest BCUT2D eigenvalue weighted by atomic mass is 16.3. The summed E-state index contributed by atoms with van der Waals surface area (Å²) in [7, 11) is 0. The maximum absolute atomic E-state index is 12.2. The van der Waals surface area contributed by atoms with Crippen LogP contribution in [-0.2, 0) is 4.79 Å². The normalized spacial score (nSPS) is 15.9. The van der Waals surface area contributed by atoms with E-state index in [4.69, 9.17) is 0 Å². The summed E-state index contributed by atoms with van der Waals surface area (Å²) in [6.07, 6.45) is 4.45. The first kappa shape index (κ1) is 19.8. The highest BCUT2D eigenvalue weighted by Gasteiger charge is 2.21. The van der Waals surface area contributed by atoms with Crippen LogP contribution >= 0.6 is 0 Å². The SMILES string of the molecule is CC.CCN(CC)c1ccc(C(=O)C(=O)C2=CCC(O)C=C2)cc1. The first-order chi connectivity index (χ1) is 11.6. The van der Waals surface area contributed by atoms with Gasteiger partial charge in [0.25, 0.3) is 0 Å². The van der Waals surface area contributed by atoms with Crippen LogP contribution in [0.5, 0.6) is 0 Å². The molecule has 1 unspecified atom stereocenters. The van der Waals surface area contributed by atoms with Crippen LogP contribution in [0.3, 0.4) is 0 Å². The Morgan fingerprint density at radius 3 is 2.12 bits per heavy atom. The maximum Gasteiger partial charge on any atom is 0.233 e. The van der Waals surface area contributed by atoms with Crippen molar-refractivity contribution in [2.45, 2.75) is 40.2 Å². The van der Waals surface area contributed by atoms with E-state index < -0.39 is 17.7 Å². The predicted octanol–water partition coefficient (Wildman–Crippen LogP) is 3.56. The zero-order valence-corrected chi connectivity index (χ0v) is 15.0. The summed E-state index contributed by atoms with van der Waals surface area (Å²) in [4.78, 5) is 26.6. The second-order valence-corrected chi connectivity index (χ2v) is 5.20. The number of hydrogen-bond acceptors (Lipinski definition) is 4. The summed E-state index contributed by atoms with van der Waals surface area (Å²) in [5.74, 6) is -1.04. The van der Waals surface area contributed by atoms with E-state index >= 15 is 0 Å². The van der Waals surface area contributed by atoms with Crippen molar-refractivity contribution in [2.75, 3.05) is 18.0 Å². The molecule has 0 saturated carbocycles. The lowest BCUT2D eigenvalue weighted by molar-refractivity contribution is -0.111. The first-order valence-electron chi connectivity index (χ1n) is 8.57. The van der Waals surface area contributed by atoms with Crippen LogP contribution in [0.4, 0.5) is 5.69 Å². The molecule has 1 aliphatic rings. The number of rotatable bonds is 6. The average molecular weight is 329 g/mol. The molecule has 0 radical (unpaired) electrons. The van der Waals surface area contributed by atoms with Gasteiger partial charge in [-0.1, -0.05) is 32.1 Å². The Balaban J connectivity index is 0.00000139. The molecule has 0 bridgehead atoms. The molecule has 0 spiro atoms. The molecule has 2 rings (SSSR count). The lowest BCUT2D eigenvalue weighted by Crippen LogP contribution is -2.22. The fourth-order valence-electron chi connectivity index (χ4n) is 2.45. The van der Waals surface area contributed by atoms with E-state index in [2.05, 4.69) is 18.7 Å². The number of allylic oxidation sites excluding steroid dienone is 2. The van der Waals surface area contributed by atoms with E-state index in [0.717, 1.165) is 18.8 Å². The van der Waals surface area contributed by atoms with E-state index in [0.29, 0.717) is 17.6 Å². The maximum atomic E-state index is 12.2. The highest BCUT2D eigenvalue weighted by Crippen LogP contribution is 2.18. The first-order valence-corrected chi connectivity index (χ1v) is 8.57. The summed E-state index contributed by atoms with van der Waals surface area (Å²) < 4.78 is 0. The van der Waals surface area contributed by atoms with Crippen LogP contribution < -0.4 is 4.90 Å². The Labute approximate surface area is 144 Å². The topological polar surface area (TPSA) is 57.6 Å². The Hall–Kier alpha value is -2.20. The van der Waals surface area contributed by atoms with E-state index in [1.807, 2.05) is 26.0 Å². The third-order valence-corrected chi connectivity index (χ3v) is 3.80. The molecule has 1 aromatic carbocycles. The minimum atomic E-state index is -0.569. The molecular weight excluding hydrogens is 302 g/mol. The number of ketones is 2. The van der Waals surface area contributed by atoms with Gasteiger partial charge in [0.2, 0.25) is 11.6 Å². The number of aliphatic hydroxyl groups excluding tert-OH is 1. The summed E-state index contributed by atoms with van der Waals surface area (Å²) in [6, 6.07) is 7.11. The number of carbonyl (C=O) groups excluding carboxylic acids is 2. The second-order valence-electron chi connectivity index (χ2n) is 5.20. The second kappa shape index (κ2) is 9.83. The van der Waals surface area contributed by atoms with Gasteiger partial charge in [0.15, 0.2) is 0 Å². The molecule has 1 aromatic rings. The summed E-state index contributed by atoms with van der Waals surface area (Å²) >= 11 is 0. The van der Waals surface area contributed by atoms with E-state index in [-0.39, 0.29) is 0 Å². The Kier molecular flexibility index (Phi) is 8.13. The Bertz CT molecular complexity index is 610. The minimum absolute atomic E-state index is 0.350. The smallest absolute Gasteiger partial charge is 0.233 e. The number of hydrogen-bond donors (Lipinski definition) is 1. The van der Waals surface area contributed by atoms with Crippen molar-refractivity contribution in [2.24, 2.45) is 0 Å². The van der Waals surface area contributed by atoms with Crippen molar-refractivity contribution in [1.29, 1.82) is 0 Å². The highest BCUT2D eigenvalue weighted by molar-refractivity contribution is 6.49. The van der Waals surface area contributed by atoms with Gasteiger partial charge in [-0.15, -0.1) is 0 Å². The Morgan fingerprint density at radius 2 is 1.67 bits per heavy atom. The molecule has 0 saturated heterocycles. The number of carbonyl (C=O) groups is 2. The number of aliphatic hydroxyl groups is 1. The van der Waals surface area contributed by atoms with Crippen molar-refractivity contribution < 1.29 is 14.7 Å². The van der Waals surface area contributed by atoms with Crippen molar-refractivity contribution in [3.63, 3.8) is 0 Å². The van der Waals surface area contributed by atoms with Crippen LogP contribution in [0.15, 0.2) is 48.1 Å². The zero-order chi connectivity index (χ0) is 18.1. The van der Waals surface area contributed by atoms with Crippen molar-refractivity contribution in [3.05, 3.63) is 53.6 Å². The molecule has 1 aliphatic carbocycles. The number of anilines is 1. The number of benzene rings is 1. The molecule has 4 nitrogen and oxygen atoms in total. The summed E-state index contributed by atoms with van der Waals surface area (Å²) in [6.45, 7) is 9.93. The quantitative estimate of drug-likeness (QED) is 0.640. The number of nitrogens with zero attached hydrogens (tertiary/aromatic N) is 1. The van der Waals surface area contributed by atoms with Gasteiger partial charge < -0.3 is 10.0 Å². The van der Waals surface area contributed by atoms with Crippen molar-refractivity contribution >= 4 is 17.3 Å². The lowest BCUT2D eigenvalue weighted by atomic mass is 9.96. The fraction of sp³-hybridized carbons (Fsp3) is 0.400. The third kappa shape index (κ3) is 4.90. The molecule has 0 aliphatic heterocycles. The standard InChI is InChI=1S/C18H21NO3.C2H6/c1-3-19(4-2)15-9-5-13(6-10-15)17(21)18(22)14-7-11-16(20)12-8-14;1-2/h5-11,16,20H,3-4,12H2,1-2H3;1-2H3. The fourth-order valence-corrected chi connectivity index (χ4v) is 2.45. The molecule has 24 heavy (non-hydrogen) atoms. The van der Waals surface area contributed by atoms with Crippen LogP contribution in [0.1, 0.15) is 44.5 Å². The molecule has 0 amide bonds. The van der Waals surface area contributed by atoms with Gasteiger partial charge in [-0.25, -0.2) is 0 Å². The van der Waals surface area contributed by atoms with Crippen LogP contribution in [-0.4, -0.2) is 35.9 Å². The minimum Gasteiger partial charge on any atom is -0.389 e. The summed E-state index contributed by atoms with van der Waals surface area (Å²) in [5, 5.41) is 9.36. The molecule has 130 valence electrons.